The van der Waals surface area contributed by atoms with Crippen LogP contribution in [0.2, 0.25) is 0 Å². The van der Waals surface area contributed by atoms with Crippen molar-refractivity contribution >= 4 is 23.5 Å². The van der Waals surface area contributed by atoms with Crippen LogP contribution >= 0.6 is 11.6 Å². The van der Waals surface area contributed by atoms with E-state index in [4.69, 9.17) is 16.0 Å². The third-order valence-corrected chi connectivity index (χ3v) is 1.69. The number of imide groups is 1. The maximum Gasteiger partial charge on any atom is 0.321 e. The van der Waals surface area contributed by atoms with Crippen LogP contribution < -0.4 is 10.6 Å². The fourth-order valence-electron chi connectivity index (χ4n) is 0.843. The van der Waals surface area contributed by atoms with E-state index >= 15 is 0 Å². The largest absolute Gasteiger partial charge is 0.444 e. The van der Waals surface area contributed by atoms with Crippen molar-refractivity contribution in [2.24, 2.45) is 0 Å². The standard InChI is InChI=1S/C8H10ClN3O3/c1-5-3-10-7(15-5)4-11-8(14)12-6(13)2-9/h3H,2,4H2,1H3,(H2,11,12,13,14). The quantitative estimate of drug-likeness (QED) is 0.744. The van der Waals surface area contributed by atoms with Crippen LogP contribution in [-0.4, -0.2) is 22.8 Å². The van der Waals surface area contributed by atoms with Crippen molar-refractivity contribution in [3.05, 3.63) is 17.8 Å². The third-order valence-electron chi connectivity index (χ3n) is 1.44. The summed E-state index contributed by atoms with van der Waals surface area (Å²) in [5.74, 6) is 0.216. The Bertz CT molecular complexity index is 364. The van der Waals surface area contributed by atoms with Gasteiger partial charge in [0.15, 0.2) is 0 Å². The molecule has 1 aromatic heterocycles. The van der Waals surface area contributed by atoms with Gasteiger partial charge in [0.05, 0.1) is 12.7 Å². The van der Waals surface area contributed by atoms with Gasteiger partial charge in [-0.25, -0.2) is 9.78 Å². The number of urea groups is 1. The molecule has 0 saturated carbocycles. The Labute approximate surface area is 91.0 Å². The number of aryl methyl sites for hydroxylation is 1. The van der Waals surface area contributed by atoms with Crippen LogP contribution in [0.5, 0.6) is 0 Å². The van der Waals surface area contributed by atoms with E-state index in [-0.39, 0.29) is 12.4 Å². The first-order valence-corrected chi connectivity index (χ1v) is 4.70. The summed E-state index contributed by atoms with van der Waals surface area (Å²) >= 11 is 5.19. The first kappa shape index (κ1) is 11.5. The van der Waals surface area contributed by atoms with Crippen LogP contribution in [-0.2, 0) is 11.3 Å². The van der Waals surface area contributed by atoms with Gasteiger partial charge in [0, 0.05) is 0 Å². The minimum Gasteiger partial charge on any atom is -0.444 e. The van der Waals surface area contributed by atoms with Crippen molar-refractivity contribution in [3.8, 4) is 0 Å². The molecule has 1 heterocycles. The van der Waals surface area contributed by atoms with Crippen molar-refractivity contribution in [2.75, 3.05) is 5.88 Å². The number of hydrogen-bond donors (Lipinski definition) is 2. The third kappa shape index (κ3) is 3.99. The van der Waals surface area contributed by atoms with Crippen molar-refractivity contribution in [2.45, 2.75) is 13.5 Å². The van der Waals surface area contributed by atoms with E-state index in [2.05, 4.69) is 10.3 Å². The molecule has 2 N–H and O–H groups in total. The highest BCUT2D eigenvalue weighted by atomic mass is 35.5. The zero-order valence-electron chi connectivity index (χ0n) is 8.04. The van der Waals surface area contributed by atoms with Gasteiger partial charge >= 0.3 is 6.03 Å². The summed E-state index contributed by atoms with van der Waals surface area (Å²) < 4.78 is 5.10. The Balaban J connectivity index is 2.31. The van der Waals surface area contributed by atoms with Crippen molar-refractivity contribution < 1.29 is 14.0 Å². The number of amides is 3. The lowest BCUT2D eigenvalue weighted by Crippen LogP contribution is -2.39. The molecule has 0 bridgehead atoms. The highest BCUT2D eigenvalue weighted by Crippen LogP contribution is 2.00. The second-order valence-electron chi connectivity index (χ2n) is 2.73. The average molecular weight is 232 g/mol. The van der Waals surface area contributed by atoms with Gasteiger partial charge in [0.1, 0.15) is 11.6 Å². The fraction of sp³-hybridized carbons (Fsp3) is 0.375. The monoisotopic (exact) mass is 231 g/mol. The van der Waals surface area contributed by atoms with E-state index < -0.39 is 11.9 Å². The number of aromatic nitrogens is 1. The van der Waals surface area contributed by atoms with Crippen LogP contribution in [0.3, 0.4) is 0 Å². The predicted molar refractivity (Wildman–Crippen MR) is 52.3 cm³/mol. The van der Waals surface area contributed by atoms with Gasteiger partial charge < -0.3 is 9.73 Å². The molecule has 0 spiro atoms. The average Bonchev–Trinajstić information content (AvgIpc) is 2.61. The minimum atomic E-state index is -0.628. The van der Waals surface area contributed by atoms with Gasteiger partial charge in [-0.3, -0.25) is 10.1 Å². The smallest absolute Gasteiger partial charge is 0.321 e. The molecule has 7 heteroatoms. The molecule has 0 aliphatic carbocycles. The van der Waals surface area contributed by atoms with E-state index in [1.807, 2.05) is 5.32 Å². The van der Waals surface area contributed by atoms with E-state index in [0.29, 0.717) is 11.7 Å². The molecule has 0 aliphatic rings. The SMILES string of the molecule is Cc1cnc(CNC(=O)NC(=O)CCl)o1. The maximum atomic E-state index is 11.0. The molecular weight excluding hydrogens is 222 g/mol. The Morgan fingerprint density at radius 3 is 2.87 bits per heavy atom. The maximum absolute atomic E-state index is 11.0. The van der Waals surface area contributed by atoms with Crippen LogP contribution in [0.1, 0.15) is 11.7 Å². The van der Waals surface area contributed by atoms with Crippen LogP contribution in [0.15, 0.2) is 10.6 Å². The topological polar surface area (TPSA) is 84.2 Å². The van der Waals surface area contributed by atoms with Crippen molar-refractivity contribution in [1.82, 2.24) is 15.6 Å². The Morgan fingerprint density at radius 2 is 2.33 bits per heavy atom. The number of nitrogens with one attached hydrogen (secondary N) is 2. The zero-order valence-corrected chi connectivity index (χ0v) is 8.80. The number of hydrogen-bond acceptors (Lipinski definition) is 4. The number of nitrogens with zero attached hydrogens (tertiary/aromatic N) is 1. The molecule has 0 atom stereocenters. The van der Waals surface area contributed by atoms with Crippen molar-refractivity contribution in [1.29, 1.82) is 0 Å². The van der Waals surface area contributed by atoms with E-state index in [9.17, 15) is 9.59 Å². The van der Waals surface area contributed by atoms with Crippen molar-refractivity contribution in [3.63, 3.8) is 0 Å². The van der Waals surface area contributed by atoms with Crippen LogP contribution in [0, 0.1) is 6.92 Å². The van der Waals surface area contributed by atoms with Crippen LogP contribution in [0.4, 0.5) is 4.79 Å². The molecule has 82 valence electrons. The lowest BCUT2D eigenvalue weighted by molar-refractivity contribution is -0.117. The fourth-order valence-corrected chi connectivity index (χ4v) is 0.910. The lowest BCUT2D eigenvalue weighted by atomic mass is 10.6. The predicted octanol–water partition coefficient (Wildman–Crippen LogP) is 0.548. The Morgan fingerprint density at radius 1 is 1.60 bits per heavy atom. The second kappa shape index (κ2) is 5.35. The molecule has 1 rings (SSSR count). The number of rotatable bonds is 3. The molecule has 0 fully saturated rings. The minimum absolute atomic E-state index is 0.120. The molecule has 0 radical (unpaired) electrons. The lowest BCUT2D eigenvalue weighted by Gasteiger charge is -2.02. The van der Waals surface area contributed by atoms with Gasteiger partial charge in [-0.15, -0.1) is 11.6 Å². The van der Waals surface area contributed by atoms with E-state index in [0.717, 1.165) is 0 Å². The number of oxazole rings is 1. The van der Waals surface area contributed by atoms with Gasteiger partial charge in [0.2, 0.25) is 11.8 Å². The highest BCUT2D eigenvalue weighted by molar-refractivity contribution is 6.28. The molecule has 0 aliphatic heterocycles. The summed E-state index contributed by atoms with van der Waals surface area (Å²) in [5, 5.41) is 4.41. The van der Waals surface area contributed by atoms with Gasteiger partial charge in [-0.1, -0.05) is 0 Å². The second-order valence-corrected chi connectivity index (χ2v) is 3.00. The summed E-state index contributed by atoms with van der Waals surface area (Å²) in [6.07, 6.45) is 1.54. The summed E-state index contributed by atoms with van der Waals surface area (Å²) in [6, 6.07) is -0.628. The molecule has 0 aromatic carbocycles. The molecule has 1 aromatic rings. The summed E-state index contributed by atoms with van der Waals surface area (Å²) in [6.45, 7) is 1.86. The number of carbonyl (C=O) groups is 2. The molecule has 3 amide bonds. The molecular formula is C8H10ClN3O3. The Hall–Kier alpha value is -1.56. The number of alkyl halides is 1. The number of carbonyl (C=O) groups excluding carboxylic acids is 2. The molecule has 0 saturated heterocycles. The Kier molecular flexibility index (Phi) is 4.11. The zero-order chi connectivity index (χ0) is 11.3. The van der Waals surface area contributed by atoms with Crippen LogP contribution in [0.25, 0.3) is 0 Å². The number of halogens is 1. The van der Waals surface area contributed by atoms with Gasteiger partial charge in [-0.05, 0) is 6.92 Å². The first-order chi connectivity index (χ1) is 7.11. The van der Waals surface area contributed by atoms with Gasteiger partial charge in [-0.2, -0.15) is 0 Å². The van der Waals surface area contributed by atoms with Gasteiger partial charge in [0.25, 0.3) is 0 Å². The summed E-state index contributed by atoms with van der Waals surface area (Å²) in [7, 11) is 0. The van der Waals surface area contributed by atoms with E-state index in [1.165, 1.54) is 0 Å². The molecule has 15 heavy (non-hydrogen) atoms. The normalized spacial score (nSPS) is 9.73. The molecule has 0 unspecified atom stereocenters. The molecule has 6 nitrogen and oxygen atoms in total. The highest BCUT2D eigenvalue weighted by Gasteiger charge is 2.07. The summed E-state index contributed by atoms with van der Waals surface area (Å²) in [5.41, 5.74) is 0. The van der Waals surface area contributed by atoms with E-state index in [1.54, 1.807) is 13.1 Å². The summed E-state index contributed by atoms with van der Waals surface area (Å²) in [4.78, 5) is 25.6. The first-order valence-electron chi connectivity index (χ1n) is 4.16.